The number of aromatic nitrogens is 1. The van der Waals surface area contributed by atoms with Crippen molar-refractivity contribution in [2.45, 2.75) is 46.1 Å². The number of aryl methyl sites for hydroxylation is 2. The fourth-order valence-corrected chi connectivity index (χ4v) is 7.15. The molecule has 2 N–H and O–H groups in total. The molecular formula is C32H39N3O5S. The molecule has 9 heteroatoms. The first-order chi connectivity index (χ1) is 19.7. The van der Waals surface area contributed by atoms with E-state index in [0.29, 0.717) is 37.0 Å². The second-order valence-corrected chi connectivity index (χ2v) is 12.3. The first-order valence-corrected chi connectivity index (χ1v) is 15.2. The molecule has 5 rings (SSSR count). The van der Waals surface area contributed by atoms with E-state index in [1.165, 1.54) is 0 Å². The topological polar surface area (TPSA) is 103 Å². The van der Waals surface area contributed by atoms with E-state index in [1.54, 1.807) is 23.3 Å². The highest BCUT2D eigenvalue weighted by Gasteiger charge is 2.43. The molecule has 1 saturated carbocycles. The van der Waals surface area contributed by atoms with Crippen LogP contribution in [0, 0.1) is 31.6 Å². The number of amides is 1. The molecule has 218 valence electrons. The molecule has 1 saturated heterocycles. The van der Waals surface area contributed by atoms with Crippen molar-refractivity contribution in [3.05, 3.63) is 64.0 Å². The van der Waals surface area contributed by atoms with Gasteiger partial charge in [0.15, 0.2) is 5.13 Å². The quantitative estimate of drug-likeness (QED) is 0.315. The van der Waals surface area contributed by atoms with Crippen LogP contribution < -0.4 is 9.64 Å². The number of piperidine rings is 1. The van der Waals surface area contributed by atoms with Crippen molar-refractivity contribution >= 4 is 28.3 Å². The maximum atomic E-state index is 12.7. The van der Waals surface area contributed by atoms with Crippen LogP contribution in [-0.4, -0.2) is 65.3 Å². The molecule has 8 nitrogen and oxygen atoms in total. The molecule has 2 aromatic carbocycles. The van der Waals surface area contributed by atoms with Crippen molar-refractivity contribution in [3.63, 3.8) is 0 Å². The Kier molecular flexibility index (Phi) is 8.94. The Morgan fingerprint density at radius 1 is 1.12 bits per heavy atom. The van der Waals surface area contributed by atoms with Gasteiger partial charge in [-0.3, -0.25) is 9.59 Å². The van der Waals surface area contributed by atoms with E-state index >= 15 is 0 Å². The Morgan fingerprint density at radius 2 is 1.88 bits per heavy atom. The van der Waals surface area contributed by atoms with Crippen molar-refractivity contribution in [2.24, 2.45) is 17.8 Å². The highest BCUT2D eigenvalue weighted by Crippen LogP contribution is 2.45. The first kappa shape index (κ1) is 29.1. The number of ether oxygens (including phenoxy) is 1. The number of hydrogen-bond donors (Lipinski definition) is 2. The van der Waals surface area contributed by atoms with E-state index in [2.05, 4.69) is 23.3 Å². The van der Waals surface area contributed by atoms with Crippen LogP contribution >= 0.6 is 11.3 Å². The van der Waals surface area contributed by atoms with Crippen molar-refractivity contribution in [3.8, 4) is 17.0 Å². The van der Waals surface area contributed by atoms with Gasteiger partial charge in [-0.15, -0.1) is 11.3 Å². The summed E-state index contributed by atoms with van der Waals surface area (Å²) in [5.41, 5.74) is 5.57. The molecular weight excluding hydrogens is 538 g/mol. The molecule has 1 amide bonds. The second kappa shape index (κ2) is 12.6. The van der Waals surface area contributed by atoms with Crippen LogP contribution in [0.4, 0.5) is 5.13 Å². The van der Waals surface area contributed by atoms with Gasteiger partial charge >= 0.3 is 5.97 Å². The molecule has 1 aromatic heterocycles. The van der Waals surface area contributed by atoms with Gasteiger partial charge in [0.1, 0.15) is 12.4 Å². The predicted molar refractivity (Wildman–Crippen MR) is 161 cm³/mol. The zero-order valence-electron chi connectivity index (χ0n) is 24.0. The second-order valence-electron chi connectivity index (χ2n) is 11.5. The van der Waals surface area contributed by atoms with Crippen molar-refractivity contribution < 1.29 is 24.5 Å². The normalized spacial score (nSPS) is 19.8. The number of rotatable bonds is 11. The molecule has 41 heavy (non-hydrogen) atoms. The van der Waals surface area contributed by atoms with E-state index in [4.69, 9.17) is 14.8 Å². The summed E-state index contributed by atoms with van der Waals surface area (Å²) in [7, 11) is 1.75. The van der Waals surface area contributed by atoms with Crippen LogP contribution in [0.25, 0.3) is 11.3 Å². The molecule has 0 spiro atoms. The summed E-state index contributed by atoms with van der Waals surface area (Å²) >= 11 is 1.63. The number of aliphatic hydroxyl groups is 1. The Hall–Kier alpha value is -3.43. The summed E-state index contributed by atoms with van der Waals surface area (Å²) in [5, 5.41) is 21.5. The minimum Gasteiger partial charge on any atom is -0.488 e. The Bertz CT molecular complexity index is 1390. The van der Waals surface area contributed by atoms with Gasteiger partial charge in [-0.25, -0.2) is 4.98 Å². The minimum atomic E-state index is -0.690. The monoisotopic (exact) mass is 577 g/mol. The Morgan fingerprint density at radius 3 is 2.56 bits per heavy atom. The van der Waals surface area contributed by atoms with Gasteiger partial charge in [0.2, 0.25) is 0 Å². The number of hydrogen-bond acceptors (Lipinski definition) is 7. The largest absolute Gasteiger partial charge is 0.488 e. The van der Waals surface area contributed by atoms with Crippen molar-refractivity contribution in [1.29, 1.82) is 0 Å². The maximum absolute atomic E-state index is 12.7. The third kappa shape index (κ3) is 6.57. The Labute approximate surface area is 245 Å². The number of carbonyl (C=O) groups is 2. The highest BCUT2D eigenvalue weighted by molar-refractivity contribution is 7.14. The summed E-state index contributed by atoms with van der Waals surface area (Å²) in [6, 6.07) is 11.8. The zero-order chi connectivity index (χ0) is 29.1. The summed E-state index contributed by atoms with van der Waals surface area (Å²) in [5.74, 6) is 1.12. The van der Waals surface area contributed by atoms with Crippen LogP contribution in [0.5, 0.6) is 5.75 Å². The van der Waals surface area contributed by atoms with E-state index in [9.17, 15) is 14.7 Å². The summed E-state index contributed by atoms with van der Waals surface area (Å²) < 4.78 is 6.34. The zero-order valence-corrected chi connectivity index (χ0v) is 24.8. The molecule has 2 heterocycles. The maximum Gasteiger partial charge on any atom is 0.303 e. The SMILES string of the molecule is Cc1ccc(OCc2ccc(C(=O)N(C)CCCO)cc2C)c(-c2csc(N3C[C@H]4CC[C@@H](C3)C4CC(=O)O)n2)c1. The third-order valence-corrected chi connectivity index (χ3v) is 9.49. The fourth-order valence-electron chi connectivity index (χ4n) is 6.31. The van der Waals surface area contributed by atoms with E-state index < -0.39 is 5.97 Å². The molecule has 2 bridgehead atoms. The lowest BCUT2D eigenvalue weighted by atomic mass is 9.83. The van der Waals surface area contributed by atoms with Gasteiger partial charge < -0.3 is 24.7 Å². The Balaban J connectivity index is 1.28. The number of nitrogens with zero attached hydrogens (tertiary/aromatic N) is 3. The summed E-state index contributed by atoms with van der Waals surface area (Å²) in [6.07, 6.45) is 3.03. The lowest BCUT2D eigenvalue weighted by molar-refractivity contribution is -0.138. The molecule has 3 atom stereocenters. The minimum absolute atomic E-state index is 0.0599. The standard InChI is InChI=1S/C32H39N3O5S/c1-20-5-10-29(40-18-25-9-6-22(14-21(25)2)31(39)34(3)11-4-12-36)27(13-20)28-19-41-32(33-28)35-16-23-7-8-24(17-35)26(23)15-30(37)38/h5-6,9-10,13-14,19,23-24,26,36H,4,7-8,11-12,15-18H2,1-3H3,(H,37,38)/t23-,24+,26?. The van der Waals surface area contributed by atoms with Gasteiger partial charge in [-0.05, 0) is 86.3 Å². The molecule has 3 aromatic rings. The van der Waals surface area contributed by atoms with Crippen LogP contribution in [-0.2, 0) is 11.4 Å². The number of fused-ring (bicyclic) bond motifs is 2. The number of aliphatic hydroxyl groups excluding tert-OH is 1. The number of carboxylic acids is 1. The number of thiazole rings is 1. The summed E-state index contributed by atoms with van der Waals surface area (Å²) in [6.45, 7) is 6.72. The smallest absolute Gasteiger partial charge is 0.303 e. The summed E-state index contributed by atoms with van der Waals surface area (Å²) in [4.78, 5) is 33.1. The van der Waals surface area contributed by atoms with Gasteiger partial charge in [0.05, 0.1) is 5.69 Å². The van der Waals surface area contributed by atoms with Gasteiger partial charge in [-0.1, -0.05) is 17.7 Å². The van der Waals surface area contributed by atoms with E-state index in [1.807, 2.05) is 37.3 Å². The van der Waals surface area contributed by atoms with Crippen LogP contribution in [0.3, 0.4) is 0 Å². The number of anilines is 1. The number of carbonyl (C=O) groups excluding carboxylic acids is 1. The van der Waals surface area contributed by atoms with Crippen molar-refractivity contribution in [1.82, 2.24) is 9.88 Å². The van der Waals surface area contributed by atoms with Gasteiger partial charge in [-0.2, -0.15) is 0 Å². The van der Waals surface area contributed by atoms with Gasteiger partial charge in [0.25, 0.3) is 5.91 Å². The van der Waals surface area contributed by atoms with Crippen LogP contribution in [0.1, 0.15) is 52.7 Å². The highest BCUT2D eigenvalue weighted by atomic mass is 32.1. The average molecular weight is 578 g/mol. The molecule has 1 unspecified atom stereocenters. The molecule has 2 fully saturated rings. The molecule has 2 aliphatic rings. The first-order valence-electron chi connectivity index (χ1n) is 14.4. The van der Waals surface area contributed by atoms with E-state index in [0.717, 1.165) is 64.8 Å². The molecule has 1 aliphatic carbocycles. The third-order valence-electron chi connectivity index (χ3n) is 8.58. The number of benzene rings is 2. The van der Waals surface area contributed by atoms with Crippen LogP contribution in [0.2, 0.25) is 0 Å². The number of carboxylic acid groups (broad SMARTS) is 1. The molecule has 0 radical (unpaired) electrons. The van der Waals surface area contributed by atoms with Crippen LogP contribution in [0.15, 0.2) is 41.8 Å². The lowest BCUT2D eigenvalue weighted by Crippen LogP contribution is -2.42. The lowest BCUT2D eigenvalue weighted by Gasteiger charge is -2.37. The fraction of sp³-hybridized carbons (Fsp3) is 0.469. The predicted octanol–water partition coefficient (Wildman–Crippen LogP) is 5.40. The van der Waals surface area contributed by atoms with Gasteiger partial charge in [0, 0.05) is 56.2 Å². The van der Waals surface area contributed by atoms with E-state index in [-0.39, 0.29) is 24.9 Å². The average Bonchev–Trinajstić information content (AvgIpc) is 3.52. The molecule has 1 aliphatic heterocycles. The number of aliphatic carboxylic acids is 1. The van der Waals surface area contributed by atoms with Crippen molar-refractivity contribution in [2.75, 3.05) is 38.2 Å².